The lowest BCUT2D eigenvalue weighted by Crippen LogP contribution is -2.48. The zero-order chi connectivity index (χ0) is 19.3. The summed E-state index contributed by atoms with van der Waals surface area (Å²) in [7, 11) is -0.870. The van der Waals surface area contributed by atoms with Gasteiger partial charge in [-0.05, 0) is 31.4 Å². The van der Waals surface area contributed by atoms with E-state index in [-0.39, 0.29) is 17.1 Å². The second-order valence-corrected chi connectivity index (χ2v) is 8.13. The number of hydrogen-bond donors (Lipinski definition) is 1. The molecule has 1 aliphatic heterocycles. The van der Waals surface area contributed by atoms with E-state index >= 15 is 0 Å². The van der Waals surface area contributed by atoms with Crippen LogP contribution in [0.25, 0.3) is 0 Å². The molecule has 144 valence electrons. The number of rotatable bonds is 7. The van der Waals surface area contributed by atoms with Crippen LogP contribution in [-0.4, -0.2) is 62.9 Å². The lowest BCUT2D eigenvalue weighted by atomic mass is 10.0. The monoisotopic (exact) mass is 385 g/mol. The van der Waals surface area contributed by atoms with Crippen molar-refractivity contribution >= 4 is 21.7 Å². The van der Waals surface area contributed by atoms with Crippen LogP contribution < -0.4 is 9.47 Å². The first-order valence-electron chi connectivity index (χ1n) is 8.27. The van der Waals surface area contributed by atoms with Crippen molar-refractivity contribution in [1.29, 1.82) is 0 Å². The molecule has 0 spiro atoms. The first kappa shape index (κ1) is 20.0. The molecule has 1 aromatic rings. The Balaban J connectivity index is 2.10. The first-order chi connectivity index (χ1) is 12.3. The number of amides is 1. The highest BCUT2D eigenvalue weighted by Crippen LogP contribution is 2.30. The van der Waals surface area contributed by atoms with Crippen LogP contribution in [0.5, 0.6) is 11.5 Å². The highest BCUT2D eigenvalue weighted by Gasteiger charge is 2.32. The second kappa shape index (κ2) is 8.39. The summed E-state index contributed by atoms with van der Waals surface area (Å²) in [6, 6.07) is 3.35. The fourth-order valence-corrected chi connectivity index (χ4v) is 4.22. The van der Waals surface area contributed by atoms with Crippen molar-refractivity contribution in [2.24, 2.45) is 0 Å². The number of ether oxygens (including phenoxy) is 2. The molecule has 0 bridgehead atoms. The van der Waals surface area contributed by atoms with Gasteiger partial charge in [-0.25, -0.2) is 13.2 Å². The van der Waals surface area contributed by atoms with E-state index in [9.17, 15) is 23.1 Å². The molecule has 1 amide bonds. The van der Waals surface area contributed by atoms with E-state index in [1.54, 1.807) is 0 Å². The zero-order valence-corrected chi connectivity index (χ0v) is 15.6. The lowest BCUT2D eigenvalue weighted by molar-refractivity contribution is -0.151. The number of carbonyl (C=O) groups excluding carboxylic acids is 1. The summed E-state index contributed by atoms with van der Waals surface area (Å²) >= 11 is 0. The summed E-state index contributed by atoms with van der Waals surface area (Å²) in [6.45, 7) is 0.339. The smallest absolute Gasteiger partial charge is 0.326 e. The van der Waals surface area contributed by atoms with E-state index in [0.717, 1.165) is 12.8 Å². The van der Waals surface area contributed by atoms with E-state index in [4.69, 9.17) is 9.47 Å². The molecule has 1 fully saturated rings. The molecule has 0 aromatic heterocycles. The predicted octanol–water partition coefficient (Wildman–Crippen LogP) is 1.33. The number of benzene rings is 1. The highest BCUT2D eigenvalue weighted by atomic mass is 32.2. The summed E-state index contributed by atoms with van der Waals surface area (Å²) in [5.41, 5.74) is 0. The normalized spacial score (nSPS) is 17.6. The van der Waals surface area contributed by atoms with Gasteiger partial charge >= 0.3 is 5.97 Å². The van der Waals surface area contributed by atoms with Crippen LogP contribution in [0.3, 0.4) is 0 Å². The second-order valence-electron chi connectivity index (χ2n) is 6.02. The Bertz CT molecular complexity index is 775. The van der Waals surface area contributed by atoms with Crippen LogP contribution in [0.2, 0.25) is 0 Å². The average Bonchev–Trinajstić information content (AvgIpc) is 2.65. The molecular weight excluding hydrogens is 362 g/mol. The molecule has 8 nitrogen and oxygen atoms in total. The van der Waals surface area contributed by atoms with E-state index in [1.165, 1.54) is 37.3 Å². The molecule has 1 aromatic carbocycles. The highest BCUT2D eigenvalue weighted by molar-refractivity contribution is 7.91. The van der Waals surface area contributed by atoms with Gasteiger partial charge < -0.3 is 19.5 Å². The molecule has 26 heavy (non-hydrogen) atoms. The zero-order valence-electron chi connectivity index (χ0n) is 14.8. The maximum Gasteiger partial charge on any atom is 0.326 e. The standard InChI is InChI=1S/C17H23NO7S/c1-24-14-7-6-12(11-15(14)25-2)26(22,23)10-8-16(19)18-9-4-3-5-13(18)17(20)21/h6-7,11,13H,3-5,8-10H2,1-2H3,(H,20,21). The Labute approximate surface area is 152 Å². The summed E-state index contributed by atoms with van der Waals surface area (Å²) in [5.74, 6) is -1.23. The summed E-state index contributed by atoms with van der Waals surface area (Å²) in [6.07, 6.45) is 1.59. The third-order valence-corrected chi connectivity index (χ3v) is 6.12. The van der Waals surface area contributed by atoms with Gasteiger partial charge in [-0.3, -0.25) is 4.79 Å². The Morgan fingerprint density at radius 3 is 2.50 bits per heavy atom. The van der Waals surface area contributed by atoms with E-state index in [2.05, 4.69) is 0 Å². The Hall–Kier alpha value is -2.29. The quantitative estimate of drug-likeness (QED) is 0.754. The third-order valence-electron chi connectivity index (χ3n) is 4.41. The summed E-state index contributed by atoms with van der Waals surface area (Å²) < 4.78 is 35.2. The van der Waals surface area contributed by atoms with Gasteiger partial charge in [0.1, 0.15) is 6.04 Å². The minimum atomic E-state index is -3.72. The summed E-state index contributed by atoms with van der Waals surface area (Å²) in [4.78, 5) is 25.0. The van der Waals surface area contributed by atoms with Crippen LogP contribution >= 0.6 is 0 Å². The maximum absolute atomic E-state index is 12.5. The van der Waals surface area contributed by atoms with E-state index < -0.39 is 33.5 Å². The molecule has 2 rings (SSSR count). The van der Waals surface area contributed by atoms with Gasteiger partial charge in [0.15, 0.2) is 21.3 Å². The first-order valence-corrected chi connectivity index (χ1v) is 9.92. The molecule has 1 unspecified atom stereocenters. The SMILES string of the molecule is COc1ccc(S(=O)(=O)CCC(=O)N2CCCCC2C(=O)O)cc1OC. The van der Waals surface area contributed by atoms with Crippen molar-refractivity contribution < 1.29 is 32.6 Å². The van der Waals surface area contributed by atoms with Crippen LogP contribution in [-0.2, 0) is 19.4 Å². The van der Waals surface area contributed by atoms with Crippen LogP contribution in [0.1, 0.15) is 25.7 Å². The van der Waals surface area contributed by atoms with Gasteiger partial charge in [0.2, 0.25) is 5.91 Å². The van der Waals surface area contributed by atoms with Crippen LogP contribution in [0, 0.1) is 0 Å². The number of sulfone groups is 1. The molecule has 0 aliphatic carbocycles. The van der Waals surface area contributed by atoms with Crippen LogP contribution in [0.4, 0.5) is 0 Å². The molecule has 1 saturated heterocycles. The number of likely N-dealkylation sites (tertiary alicyclic amines) is 1. The largest absolute Gasteiger partial charge is 0.493 e. The molecule has 0 saturated carbocycles. The van der Waals surface area contributed by atoms with E-state index in [1.807, 2.05) is 0 Å². The van der Waals surface area contributed by atoms with E-state index in [0.29, 0.717) is 18.7 Å². The van der Waals surface area contributed by atoms with Crippen LogP contribution in [0.15, 0.2) is 23.1 Å². The number of nitrogens with zero attached hydrogens (tertiary/aromatic N) is 1. The fourth-order valence-electron chi connectivity index (χ4n) is 2.98. The topological polar surface area (TPSA) is 110 Å². The molecule has 1 atom stereocenters. The number of methoxy groups -OCH3 is 2. The maximum atomic E-state index is 12.5. The number of aliphatic carboxylic acids is 1. The van der Waals surface area contributed by atoms with Gasteiger partial charge in [-0.15, -0.1) is 0 Å². The molecule has 0 radical (unpaired) electrons. The number of carboxylic acid groups (broad SMARTS) is 1. The fraction of sp³-hybridized carbons (Fsp3) is 0.529. The van der Waals surface area contributed by atoms with Gasteiger partial charge in [0, 0.05) is 19.0 Å². The van der Waals surface area contributed by atoms with Crippen molar-refractivity contribution in [2.45, 2.75) is 36.6 Å². The van der Waals surface area contributed by atoms with Crippen molar-refractivity contribution in [1.82, 2.24) is 4.90 Å². The summed E-state index contributed by atoms with van der Waals surface area (Å²) in [5, 5.41) is 9.23. The number of piperidine rings is 1. The molecule has 1 heterocycles. The van der Waals surface area contributed by atoms with Gasteiger partial charge in [-0.2, -0.15) is 0 Å². The van der Waals surface area contributed by atoms with Crippen molar-refractivity contribution in [3.63, 3.8) is 0 Å². The van der Waals surface area contributed by atoms with Gasteiger partial charge in [-0.1, -0.05) is 0 Å². The Morgan fingerprint density at radius 1 is 1.19 bits per heavy atom. The van der Waals surface area contributed by atoms with Crippen molar-refractivity contribution in [3.8, 4) is 11.5 Å². The van der Waals surface area contributed by atoms with Crippen molar-refractivity contribution in [2.75, 3.05) is 26.5 Å². The molecule has 1 aliphatic rings. The minimum Gasteiger partial charge on any atom is -0.493 e. The Morgan fingerprint density at radius 2 is 1.88 bits per heavy atom. The molecule has 1 N–H and O–H groups in total. The Kier molecular flexibility index (Phi) is 6.47. The van der Waals surface area contributed by atoms with Crippen molar-refractivity contribution in [3.05, 3.63) is 18.2 Å². The predicted molar refractivity (Wildman–Crippen MR) is 93.2 cm³/mol. The number of carbonyl (C=O) groups is 2. The number of hydrogen-bond acceptors (Lipinski definition) is 6. The minimum absolute atomic E-state index is 0.0244. The van der Waals surface area contributed by atoms with Gasteiger partial charge in [0.05, 0.1) is 24.9 Å². The molecular formula is C17H23NO7S. The average molecular weight is 385 g/mol. The lowest BCUT2D eigenvalue weighted by Gasteiger charge is -2.33. The number of carboxylic acids is 1. The van der Waals surface area contributed by atoms with Gasteiger partial charge in [0.25, 0.3) is 0 Å². The third kappa shape index (κ3) is 4.46. The molecule has 9 heteroatoms.